The van der Waals surface area contributed by atoms with Crippen LogP contribution in [0.2, 0.25) is 0 Å². The Hall–Kier alpha value is -0.260. The molecule has 2 atom stereocenters. The summed E-state index contributed by atoms with van der Waals surface area (Å²) in [6.07, 6.45) is 3.76. The summed E-state index contributed by atoms with van der Waals surface area (Å²) in [4.78, 5) is 0. The Kier molecular flexibility index (Phi) is 5.27. The highest BCUT2D eigenvalue weighted by Crippen LogP contribution is 2.24. The Balaban J connectivity index is 3.80. The van der Waals surface area contributed by atoms with Gasteiger partial charge in [0.25, 0.3) is 0 Å². The van der Waals surface area contributed by atoms with Crippen LogP contribution in [0.25, 0.3) is 0 Å². The topological polar surface area (TPSA) is 0 Å². The second-order valence-corrected chi connectivity index (χ2v) is 3.57. The van der Waals surface area contributed by atoms with Crippen LogP contribution in [0.1, 0.15) is 47.0 Å². The van der Waals surface area contributed by atoms with Gasteiger partial charge in [-0.15, -0.1) is 0 Å². The maximum atomic E-state index is 4.08. The van der Waals surface area contributed by atoms with Crippen molar-refractivity contribution in [3.63, 3.8) is 0 Å². The average Bonchev–Trinajstić information content (AvgIpc) is 2.02. The normalized spacial score (nSPS) is 16.0. The van der Waals surface area contributed by atoms with Crippen molar-refractivity contribution in [2.24, 2.45) is 11.8 Å². The maximum absolute atomic E-state index is 4.08. The van der Waals surface area contributed by atoms with E-state index in [4.69, 9.17) is 0 Å². The van der Waals surface area contributed by atoms with E-state index in [2.05, 4.69) is 34.3 Å². The lowest BCUT2D eigenvalue weighted by Crippen LogP contribution is -2.09. The molecule has 0 aliphatic carbocycles. The van der Waals surface area contributed by atoms with E-state index >= 15 is 0 Å². The van der Waals surface area contributed by atoms with E-state index in [1.807, 2.05) is 0 Å². The van der Waals surface area contributed by atoms with Crippen molar-refractivity contribution in [1.82, 2.24) is 0 Å². The van der Waals surface area contributed by atoms with Crippen LogP contribution >= 0.6 is 0 Å². The maximum Gasteiger partial charge on any atom is -0.0209 e. The number of allylic oxidation sites excluding steroid dienone is 1. The van der Waals surface area contributed by atoms with Gasteiger partial charge in [0.15, 0.2) is 0 Å². The molecule has 0 saturated heterocycles. The zero-order valence-electron chi connectivity index (χ0n) is 8.48. The standard InChI is InChI=1S/C11H22/c1-6-8-10(4)11(5)9(3)7-2/h10-11H,3,6-8H2,1-2,4-5H3. The molecule has 0 saturated carbocycles. The van der Waals surface area contributed by atoms with Gasteiger partial charge >= 0.3 is 0 Å². The minimum absolute atomic E-state index is 0.708. The van der Waals surface area contributed by atoms with Crippen LogP contribution in [0, 0.1) is 11.8 Å². The molecule has 0 aliphatic heterocycles. The molecule has 0 bridgehead atoms. The Labute approximate surface area is 71.7 Å². The summed E-state index contributed by atoms with van der Waals surface area (Å²) in [6.45, 7) is 13.1. The molecule has 0 aromatic rings. The van der Waals surface area contributed by atoms with Gasteiger partial charge < -0.3 is 0 Å². The smallest absolute Gasteiger partial charge is 0.0209 e. The lowest BCUT2D eigenvalue weighted by molar-refractivity contribution is 0.401. The number of rotatable bonds is 5. The molecule has 2 unspecified atom stereocenters. The van der Waals surface area contributed by atoms with Crippen LogP contribution in [0.3, 0.4) is 0 Å². The Morgan fingerprint density at radius 3 is 2.18 bits per heavy atom. The van der Waals surface area contributed by atoms with Crippen LogP contribution in [-0.4, -0.2) is 0 Å². The zero-order chi connectivity index (χ0) is 8.85. The van der Waals surface area contributed by atoms with E-state index in [0.717, 1.165) is 12.3 Å². The highest BCUT2D eigenvalue weighted by molar-refractivity contribution is 4.99. The van der Waals surface area contributed by atoms with E-state index < -0.39 is 0 Å². The first-order chi connectivity index (χ1) is 5.13. The molecular weight excluding hydrogens is 132 g/mol. The molecule has 0 spiro atoms. The molecule has 0 heteroatoms. The molecule has 0 radical (unpaired) electrons. The lowest BCUT2D eigenvalue weighted by atomic mass is 9.85. The molecular formula is C11H22. The SMILES string of the molecule is C=C(CC)C(C)C(C)CCC. The molecule has 0 fully saturated rings. The zero-order valence-corrected chi connectivity index (χ0v) is 8.48. The van der Waals surface area contributed by atoms with Gasteiger partial charge in [-0.05, 0) is 18.3 Å². The van der Waals surface area contributed by atoms with Crippen molar-refractivity contribution in [3.05, 3.63) is 12.2 Å². The minimum Gasteiger partial charge on any atom is -0.0996 e. The van der Waals surface area contributed by atoms with E-state index in [0.29, 0.717) is 5.92 Å². The summed E-state index contributed by atoms with van der Waals surface area (Å²) >= 11 is 0. The Morgan fingerprint density at radius 1 is 1.27 bits per heavy atom. The van der Waals surface area contributed by atoms with Crippen molar-refractivity contribution >= 4 is 0 Å². The lowest BCUT2D eigenvalue weighted by Gasteiger charge is -2.20. The average molecular weight is 154 g/mol. The third kappa shape index (κ3) is 3.60. The van der Waals surface area contributed by atoms with Gasteiger partial charge in [0, 0.05) is 0 Å². The van der Waals surface area contributed by atoms with E-state index in [1.165, 1.54) is 18.4 Å². The molecule has 0 aromatic carbocycles. The van der Waals surface area contributed by atoms with Gasteiger partial charge in [-0.2, -0.15) is 0 Å². The number of hydrogen-bond acceptors (Lipinski definition) is 0. The fourth-order valence-corrected chi connectivity index (χ4v) is 1.43. The fourth-order valence-electron chi connectivity index (χ4n) is 1.43. The van der Waals surface area contributed by atoms with Crippen LogP contribution in [0.4, 0.5) is 0 Å². The summed E-state index contributed by atoms with van der Waals surface area (Å²) in [6, 6.07) is 0. The largest absolute Gasteiger partial charge is 0.0996 e. The summed E-state index contributed by atoms with van der Waals surface area (Å²) in [5.74, 6) is 1.52. The second-order valence-electron chi connectivity index (χ2n) is 3.57. The van der Waals surface area contributed by atoms with Crippen molar-refractivity contribution in [2.45, 2.75) is 47.0 Å². The van der Waals surface area contributed by atoms with Crippen LogP contribution in [0.15, 0.2) is 12.2 Å². The van der Waals surface area contributed by atoms with Crippen LogP contribution in [0.5, 0.6) is 0 Å². The molecule has 0 aliphatic rings. The van der Waals surface area contributed by atoms with Gasteiger partial charge in [-0.25, -0.2) is 0 Å². The Bertz CT molecular complexity index is 113. The Morgan fingerprint density at radius 2 is 1.82 bits per heavy atom. The van der Waals surface area contributed by atoms with Gasteiger partial charge in [-0.1, -0.05) is 52.7 Å². The van der Waals surface area contributed by atoms with Gasteiger partial charge in [-0.3, -0.25) is 0 Å². The molecule has 11 heavy (non-hydrogen) atoms. The summed E-state index contributed by atoms with van der Waals surface area (Å²) in [5.41, 5.74) is 1.41. The molecule has 0 N–H and O–H groups in total. The minimum atomic E-state index is 0.708. The first-order valence-electron chi connectivity index (χ1n) is 4.81. The monoisotopic (exact) mass is 154 g/mol. The summed E-state index contributed by atoms with van der Waals surface area (Å²) < 4.78 is 0. The molecule has 66 valence electrons. The molecule has 0 heterocycles. The quantitative estimate of drug-likeness (QED) is 0.524. The molecule has 0 nitrogen and oxygen atoms in total. The summed E-state index contributed by atoms with van der Waals surface area (Å²) in [5, 5.41) is 0. The first-order valence-corrected chi connectivity index (χ1v) is 4.81. The molecule has 0 amide bonds. The highest BCUT2D eigenvalue weighted by Gasteiger charge is 2.12. The van der Waals surface area contributed by atoms with Crippen molar-refractivity contribution in [2.75, 3.05) is 0 Å². The van der Waals surface area contributed by atoms with Crippen LogP contribution in [-0.2, 0) is 0 Å². The predicted octanol–water partition coefficient (Wildman–Crippen LogP) is 4.02. The first kappa shape index (κ1) is 10.7. The van der Waals surface area contributed by atoms with Crippen molar-refractivity contribution < 1.29 is 0 Å². The third-order valence-electron chi connectivity index (χ3n) is 2.70. The van der Waals surface area contributed by atoms with Crippen LogP contribution < -0.4 is 0 Å². The fraction of sp³-hybridized carbons (Fsp3) is 0.818. The van der Waals surface area contributed by atoms with E-state index in [1.54, 1.807) is 0 Å². The van der Waals surface area contributed by atoms with E-state index in [-0.39, 0.29) is 0 Å². The second kappa shape index (κ2) is 5.40. The van der Waals surface area contributed by atoms with E-state index in [9.17, 15) is 0 Å². The highest BCUT2D eigenvalue weighted by atomic mass is 14.2. The molecule has 0 rings (SSSR count). The van der Waals surface area contributed by atoms with Gasteiger partial charge in [0.2, 0.25) is 0 Å². The third-order valence-corrected chi connectivity index (χ3v) is 2.70. The van der Waals surface area contributed by atoms with Crippen molar-refractivity contribution in [1.29, 1.82) is 0 Å². The van der Waals surface area contributed by atoms with Gasteiger partial charge in [0.1, 0.15) is 0 Å². The predicted molar refractivity (Wildman–Crippen MR) is 52.7 cm³/mol. The van der Waals surface area contributed by atoms with Gasteiger partial charge in [0.05, 0.1) is 0 Å². The number of hydrogen-bond donors (Lipinski definition) is 0. The summed E-state index contributed by atoms with van der Waals surface area (Å²) in [7, 11) is 0. The van der Waals surface area contributed by atoms with Crippen molar-refractivity contribution in [3.8, 4) is 0 Å². The molecule has 0 aromatic heterocycles.